The molecule has 84 valence electrons. The Bertz CT molecular complexity index is 226. The molecule has 2 aliphatic heterocycles. The summed E-state index contributed by atoms with van der Waals surface area (Å²) in [5.74, 6) is 0. The van der Waals surface area contributed by atoms with Gasteiger partial charge in [0.15, 0.2) is 0 Å². The summed E-state index contributed by atoms with van der Waals surface area (Å²) in [4.78, 5) is 0. The van der Waals surface area contributed by atoms with Crippen LogP contribution in [-0.2, 0) is 14.2 Å². The Morgan fingerprint density at radius 1 is 0.933 bits per heavy atom. The molecule has 2 heterocycles. The van der Waals surface area contributed by atoms with Gasteiger partial charge in [-0.3, -0.25) is 0 Å². The van der Waals surface area contributed by atoms with Crippen molar-refractivity contribution in [3.05, 3.63) is 25.3 Å². The first-order chi connectivity index (χ1) is 7.24. The van der Waals surface area contributed by atoms with Crippen LogP contribution in [0.1, 0.15) is 0 Å². The molecule has 0 spiro atoms. The maximum absolute atomic E-state index is 5.73. The molecule has 0 aliphatic carbocycles. The normalized spacial score (nSPS) is 26.1. The van der Waals surface area contributed by atoms with Crippen molar-refractivity contribution in [1.82, 2.24) is 0 Å². The molecule has 0 bridgehead atoms. The fraction of sp³-hybridized carbons (Fsp3) is 0.667. The van der Waals surface area contributed by atoms with Crippen molar-refractivity contribution in [2.45, 2.75) is 0 Å². The zero-order valence-corrected chi connectivity index (χ0v) is 9.04. The number of rotatable bonds is 6. The molecule has 15 heavy (non-hydrogen) atoms. The summed E-state index contributed by atoms with van der Waals surface area (Å²) in [6.07, 6.45) is 3.88. The lowest BCUT2D eigenvalue weighted by atomic mass is 9.86. The SMILES string of the molecule is C=CC1(COCC2(C=C)COC2)COC1. The van der Waals surface area contributed by atoms with Crippen LogP contribution in [0, 0.1) is 10.8 Å². The quantitative estimate of drug-likeness (QED) is 0.620. The van der Waals surface area contributed by atoms with Crippen molar-refractivity contribution in [3.8, 4) is 0 Å². The minimum atomic E-state index is 0.0486. The van der Waals surface area contributed by atoms with E-state index in [9.17, 15) is 0 Å². The summed E-state index contributed by atoms with van der Waals surface area (Å²) in [6.45, 7) is 11.9. The predicted octanol–water partition coefficient (Wildman–Crippen LogP) is 1.41. The average Bonchev–Trinajstić information content (AvgIpc) is 2.14. The lowest BCUT2D eigenvalue weighted by molar-refractivity contribution is -0.156. The van der Waals surface area contributed by atoms with Gasteiger partial charge in [-0.25, -0.2) is 0 Å². The van der Waals surface area contributed by atoms with Gasteiger partial charge in [0.05, 0.1) is 50.5 Å². The van der Waals surface area contributed by atoms with Crippen LogP contribution in [-0.4, -0.2) is 39.6 Å². The van der Waals surface area contributed by atoms with Crippen molar-refractivity contribution in [2.75, 3.05) is 39.6 Å². The van der Waals surface area contributed by atoms with Gasteiger partial charge in [0.25, 0.3) is 0 Å². The van der Waals surface area contributed by atoms with E-state index in [1.54, 1.807) is 0 Å². The summed E-state index contributed by atoms with van der Waals surface area (Å²) < 4.78 is 16.1. The van der Waals surface area contributed by atoms with E-state index < -0.39 is 0 Å². The Balaban J connectivity index is 1.74. The summed E-state index contributed by atoms with van der Waals surface area (Å²) in [5, 5.41) is 0. The summed E-state index contributed by atoms with van der Waals surface area (Å²) >= 11 is 0. The van der Waals surface area contributed by atoms with Gasteiger partial charge < -0.3 is 14.2 Å². The van der Waals surface area contributed by atoms with Gasteiger partial charge in [-0.1, -0.05) is 12.2 Å². The topological polar surface area (TPSA) is 27.7 Å². The Morgan fingerprint density at radius 3 is 1.53 bits per heavy atom. The molecule has 2 aliphatic rings. The first kappa shape index (κ1) is 10.9. The van der Waals surface area contributed by atoms with Crippen molar-refractivity contribution < 1.29 is 14.2 Å². The molecule has 0 aromatic rings. The van der Waals surface area contributed by atoms with Crippen molar-refractivity contribution >= 4 is 0 Å². The number of ether oxygens (including phenoxy) is 3. The third-order valence-electron chi connectivity index (χ3n) is 3.20. The van der Waals surface area contributed by atoms with E-state index in [4.69, 9.17) is 14.2 Å². The highest BCUT2D eigenvalue weighted by Gasteiger charge is 2.39. The van der Waals surface area contributed by atoms with Crippen LogP contribution in [0.15, 0.2) is 25.3 Å². The maximum Gasteiger partial charge on any atom is 0.0602 e. The van der Waals surface area contributed by atoms with Gasteiger partial charge in [0.1, 0.15) is 0 Å². The fourth-order valence-electron chi connectivity index (χ4n) is 1.71. The molecule has 0 atom stereocenters. The molecule has 2 rings (SSSR count). The summed E-state index contributed by atoms with van der Waals surface area (Å²) in [6, 6.07) is 0. The third kappa shape index (κ3) is 2.00. The van der Waals surface area contributed by atoms with Gasteiger partial charge in [-0.2, -0.15) is 0 Å². The Hall–Kier alpha value is -0.640. The molecule has 0 aromatic heterocycles. The minimum absolute atomic E-state index is 0.0486. The van der Waals surface area contributed by atoms with Crippen LogP contribution in [0.5, 0.6) is 0 Å². The van der Waals surface area contributed by atoms with E-state index in [1.807, 2.05) is 12.2 Å². The minimum Gasteiger partial charge on any atom is -0.379 e. The lowest BCUT2D eigenvalue weighted by Gasteiger charge is -2.42. The largest absolute Gasteiger partial charge is 0.379 e. The molecule has 0 radical (unpaired) electrons. The monoisotopic (exact) mass is 210 g/mol. The molecule has 0 amide bonds. The zero-order valence-electron chi connectivity index (χ0n) is 9.04. The standard InChI is InChI=1S/C12H18O3/c1-3-11(5-13-6-11)9-15-10-12(4-2)7-14-8-12/h3-4H,1-2,5-10H2. The fourth-order valence-corrected chi connectivity index (χ4v) is 1.71. The van der Waals surface area contributed by atoms with E-state index in [-0.39, 0.29) is 10.8 Å². The zero-order chi connectivity index (χ0) is 10.8. The van der Waals surface area contributed by atoms with Crippen LogP contribution in [0.25, 0.3) is 0 Å². The number of hydrogen-bond donors (Lipinski definition) is 0. The Kier molecular flexibility index (Phi) is 2.96. The van der Waals surface area contributed by atoms with Crippen LogP contribution in [0.2, 0.25) is 0 Å². The van der Waals surface area contributed by atoms with Gasteiger partial charge >= 0.3 is 0 Å². The van der Waals surface area contributed by atoms with Gasteiger partial charge in [-0.15, -0.1) is 13.2 Å². The summed E-state index contributed by atoms with van der Waals surface area (Å²) in [7, 11) is 0. The van der Waals surface area contributed by atoms with E-state index in [1.165, 1.54) is 0 Å². The maximum atomic E-state index is 5.73. The second kappa shape index (κ2) is 4.08. The van der Waals surface area contributed by atoms with Crippen LogP contribution < -0.4 is 0 Å². The average molecular weight is 210 g/mol. The second-order valence-electron chi connectivity index (χ2n) is 4.61. The highest BCUT2D eigenvalue weighted by molar-refractivity contribution is 5.02. The van der Waals surface area contributed by atoms with Crippen LogP contribution in [0.3, 0.4) is 0 Å². The van der Waals surface area contributed by atoms with Gasteiger partial charge in [-0.05, 0) is 0 Å². The molecule has 0 N–H and O–H groups in total. The van der Waals surface area contributed by atoms with Crippen molar-refractivity contribution in [1.29, 1.82) is 0 Å². The molecule has 3 heteroatoms. The van der Waals surface area contributed by atoms with Crippen LogP contribution in [0.4, 0.5) is 0 Å². The number of hydrogen-bond acceptors (Lipinski definition) is 3. The molecular formula is C12H18O3. The van der Waals surface area contributed by atoms with E-state index in [0.717, 1.165) is 26.4 Å². The smallest absolute Gasteiger partial charge is 0.0602 e. The Labute approximate surface area is 90.7 Å². The molecule has 3 nitrogen and oxygen atoms in total. The highest BCUT2D eigenvalue weighted by atomic mass is 16.5. The van der Waals surface area contributed by atoms with E-state index >= 15 is 0 Å². The molecular weight excluding hydrogens is 192 g/mol. The third-order valence-corrected chi connectivity index (χ3v) is 3.20. The second-order valence-corrected chi connectivity index (χ2v) is 4.61. The highest BCUT2D eigenvalue weighted by Crippen LogP contribution is 2.32. The molecule has 0 unspecified atom stereocenters. The lowest BCUT2D eigenvalue weighted by Crippen LogP contribution is -2.48. The molecule has 2 saturated heterocycles. The molecule has 0 saturated carbocycles. The first-order valence-corrected chi connectivity index (χ1v) is 5.25. The van der Waals surface area contributed by atoms with E-state index in [2.05, 4.69) is 13.2 Å². The molecule has 0 aromatic carbocycles. The van der Waals surface area contributed by atoms with Crippen molar-refractivity contribution in [3.63, 3.8) is 0 Å². The van der Waals surface area contributed by atoms with Crippen molar-refractivity contribution in [2.24, 2.45) is 10.8 Å². The van der Waals surface area contributed by atoms with Gasteiger partial charge in [0.2, 0.25) is 0 Å². The van der Waals surface area contributed by atoms with E-state index in [0.29, 0.717) is 13.2 Å². The van der Waals surface area contributed by atoms with Crippen LogP contribution >= 0.6 is 0 Å². The van der Waals surface area contributed by atoms with Gasteiger partial charge in [0, 0.05) is 0 Å². The molecule has 2 fully saturated rings. The predicted molar refractivity (Wildman–Crippen MR) is 57.7 cm³/mol. The Morgan fingerprint density at radius 2 is 1.33 bits per heavy atom. The first-order valence-electron chi connectivity index (χ1n) is 5.25. The summed E-state index contributed by atoms with van der Waals surface area (Å²) in [5.41, 5.74) is 0.0972.